The van der Waals surface area contributed by atoms with Gasteiger partial charge in [-0.3, -0.25) is 9.59 Å². The monoisotopic (exact) mass is 200 g/mol. The van der Waals surface area contributed by atoms with Gasteiger partial charge in [0.15, 0.2) is 5.78 Å². The smallest absolute Gasteiger partial charge is 0.344 e. The Bertz CT molecular complexity index is 279. The Morgan fingerprint density at radius 3 is 2.00 bits per heavy atom. The molecule has 78 valence electrons. The maximum Gasteiger partial charge on any atom is 0.344 e. The number of ketones is 1. The summed E-state index contributed by atoms with van der Waals surface area (Å²) in [6.45, 7) is 6.97. The predicted molar refractivity (Wildman–Crippen MR) is 47.1 cm³/mol. The van der Waals surface area contributed by atoms with E-state index in [4.69, 9.17) is 0 Å². The summed E-state index contributed by atoms with van der Waals surface area (Å²) in [5, 5.41) is 0. The van der Waals surface area contributed by atoms with Gasteiger partial charge in [0, 0.05) is 13.8 Å². The minimum Gasteiger partial charge on any atom is -0.426 e. The minimum atomic E-state index is -1.02. The van der Waals surface area contributed by atoms with Crippen LogP contribution >= 0.6 is 0 Å². The fourth-order valence-corrected chi connectivity index (χ4v) is 0.623. The summed E-state index contributed by atoms with van der Waals surface area (Å²) < 4.78 is 9.10. The lowest BCUT2D eigenvalue weighted by molar-refractivity contribution is -0.179. The van der Waals surface area contributed by atoms with Crippen LogP contribution in [0.2, 0.25) is 0 Å². The van der Waals surface area contributed by atoms with Gasteiger partial charge in [-0.05, 0) is 6.92 Å². The molecule has 0 aromatic rings. The fraction of sp³-hybridized carbons (Fsp3) is 0.444. The Balaban J connectivity index is 4.13. The molecule has 0 fully saturated rings. The highest BCUT2D eigenvalue weighted by Crippen LogP contribution is 2.01. The number of esters is 2. The quantitative estimate of drug-likeness (QED) is 0.218. The first-order valence-electron chi connectivity index (χ1n) is 3.92. The van der Waals surface area contributed by atoms with Crippen LogP contribution in [0.25, 0.3) is 0 Å². The van der Waals surface area contributed by atoms with Crippen molar-refractivity contribution in [2.75, 3.05) is 0 Å². The van der Waals surface area contributed by atoms with E-state index in [1.807, 2.05) is 0 Å². The van der Waals surface area contributed by atoms with Crippen molar-refractivity contribution >= 4 is 17.7 Å². The van der Waals surface area contributed by atoms with Crippen molar-refractivity contribution in [2.45, 2.75) is 27.1 Å². The molecule has 5 heteroatoms. The van der Waals surface area contributed by atoms with Crippen molar-refractivity contribution in [3.05, 3.63) is 12.2 Å². The van der Waals surface area contributed by atoms with Gasteiger partial charge in [0.25, 0.3) is 0 Å². The molecular formula is C9H12O5. The zero-order chi connectivity index (χ0) is 11.3. The number of ether oxygens (including phenoxy) is 2. The number of rotatable bonds is 4. The summed E-state index contributed by atoms with van der Waals surface area (Å²) in [7, 11) is 0. The van der Waals surface area contributed by atoms with Gasteiger partial charge in [-0.2, -0.15) is 0 Å². The Hall–Kier alpha value is -1.65. The third-order valence-electron chi connectivity index (χ3n) is 1.28. The highest BCUT2D eigenvalue weighted by Gasteiger charge is 2.17. The Kier molecular flexibility index (Phi) is 4.55. The first kappa shape index (κ1) is 12.3. The van der Waals surface area contributed by atoms with Crippen molar-refractivity contribution in [3.8, 4) is 0 Å². The zero-order valence-corrected chi connectivity index (χ0v) is 8.33. The first-order chi connectivity index (χ1) is 6.34. The summed E-state index contributed by atoms with van der Waals surface area (Å²) in [5.41, 5.74) is -0.274. The molecule has 0 bridgehead atoms. The van der Waals surface area contributed by atoms with Crippen LogP contribution in [-0.4, -0.2) is 24.0 Å². The summed E-state index contributed by atoms with van der Waals surface area (Å²) in [6.07, 6.45) is -1.02. The molecule has 1 atom stereocenters. The molecule has 14 heavy (non-hydrogen) atoms. The summed E-state index contributed by atoms with van der Waals surface area (Å²) >= 11 is 0. The van der Waals surface area contributed by atoms with E-state index in [1.165, 1.54) is 20.8 Å². The lowest BCUT2D eigenvalue weighted by Crippen LogP contribution is -2.22. The second-order valence-corrected chi connectivity index (χ2v) is 2.62. The van der Waals surface area contributed by atoms with E-state index in [1.54, 1.807) is 0 Å². The molecular weight excluding hydrogens is 188 g/mol. The number of hydrogen-bond acceptors (Lipinski definition) is 5. The fourth-order valence-electron chi connectivity index (χ4n) is 0.623. The average molecular weight is 200 g/mol. The molecule has 0 aliphatic carbocycles. The predicted octanol–water partition coefficient (Wildman–Crippen LogP) is 0.584. The van der Waals surface area contributed by atoms with Crippen LogP contribution in [0.5, 0.6) is 0 Å². The molecule has 0 amide bonds. The topological polar surface area (TPSA) is 69.7 Å². The Morgan fingerprint density at radius 1 is 1.14 bits per heavy atom. The van der Waals surface area contributed by atoms with Crippen LogP contribution < -0.4 is 0 Å². The lowest BCUT2D eigenvalue weighted by Gasteiger charge is -2.12. The zero-order valence-electron chi connectivity index (χ0n) is 8.33. The van der Waals surface area contributed by atoms with E-state index in [2.05, 4.69) is 16.1 Å². The summed E-state index contributed by atoms with van der Waals surface area (Å²) in [6, 6.07) is 0. The summed E-state index contributed by atoms with van der Waals surface area (Å²) in [4.78, 5) is 32.2. The van der Waals surface area contributed by atoms with Crippen molar-refractivity contribution in [1.82, 2.24) is 0 Å². The number of carbonyl (C=O) groups is 3. The first-order valence-corrected chi connectivity index (χ1v) is 3.92. The van der Waals surface area contributed by atoms with E-state index in [0.29, 0.717) is 0 Å². The SMILES string of the molecule is C=C(C(C)=O)C(=O)OC(C)OC(C)=O. The van der Waals surface area contributed by atoms with E-state index in [-0.39, 0.29) is 5.57 Å². The van der Waals surface area contributed by atoms with Gasteiger partial charge < -0.3 is 9.47 Å². The van der Waals surface area contributed by atoms with E-state index >= 15 is 0 Å². The number of Topliss-reactive ketones (excluding diaryl/α,β-unsaturated/α-hetero) is 1. The molecule has 0 aromatic carbocycles. The Morgan fingerprint density at radius 2 is 1.64 bits per heavy atom. The minimum absolute atomic E-state index is 0.274. The second-order valence-electron chi connectivity index (χ2n) is 2.62. The lowest BCUT2D eigenvalue weighted by atomic mass is 10.2. The molecule has 5 nitrogen and oxygen atoms in total. The van der Waals surface area contributed by atoms with Crippen LogP contribution in [0, 0.1) is 0 Å². The third kappa shape index (κ3) is 4.39. The van der Waals surface area contributed by atoms with Gasteiger partial charge in [-0.15, -0.1) is 0 Å². The molecule has 0 aromatic heterocycles. The highest BCUT2D eigenvalue weighted by atomic mass is 16.7. The van der Waals surface area contributed by atoms with Gasteiger partial charge in [0.1, 0.15) is 0 Å². The molecule has 0 N–H and O–H groups in total. The van der Waals surface area contributed by atoms with Crippen molar-refractivity contribution < 1.29 is 23.9 Å². The number of hydrogen-bond donors (Lipinski definition) is 0. The van der Waals surface area contributed by atoms with Crippen LogP contribution in [0.15, 0.2) is 12.2 Å². The molecule has 0 radical (unpaired) electrons. The molecule has 0 aliphatic heterocycles. The van der Waals surface area contributed by atoms with E-state index < -0.39 is 24.0 Å². The van der Waals surface area contributed by atoms with Crippen molar-refractivity contribution in [2.24, 2.45) is 0 Å². The highest BCUT2D eigenvalue weighted by molar-refractivity contribution is 6.15. The normalized spacial score (nSPS) is 11.4. The number of carbonyl (C=O) groups excluding carboxylic acids is 3. The van der Waals surface area contributed by atoms with Gasteiger partial charge >= 0.3 is 11.9 Å². The molecule has 0 saturated carbocycles. The average Bonchev–Trinajstić information content (AvgIpc) is 2.00. The maximum atomic E-state index is 11.0. The molecule has 0 aliphatic rings. The second kappa shape index (κ2) is 5.16. The molecule has 0 rings (SSSR count). The summed E-state index contributed by atoms with van der Waals surface area (Å²) in [5.74, 6) is -1.94. The maximum absolute atomic E-state index is 11.0. The third-order valence-corrected chi connectivity index (χ3v) is 1.28. The van der Waals surface area contributed by atoms with Gasteiger partial charge in [-0.25, -0.2) is 4.79 Å². The van der Waals surface area contributed by atoms with Gasteiger partial charge in [-0.1, -0.05) is 6.58 Å². The molecule has 1 unspecified atom stereocenters. The van der Waals surface area contributed by atoms with Crippen molar-refractivity contribution in [3.63, 3.8) is 0 Å². The van der Waals surface area contributed by atoms with Gasteiger partial charge in [0.05, 0.1) is 5.57 Å². The molecule has 0 heterocycles. The van der Waals surface area contributed by atoms with Crippen LogP contribution in [-0.2, 0) is 23.9 Å². The van der Waals surface area contributed by atoms with Gasteiger partial charge in [0.2, 0.25) is 6.29 Å². The van der Waals surface area contributed by atoms with Crippen molar-refractivity contribution in [1.29, 1.82) is 0 Å². The van der Waals surface area contributed by atoms with Crippen LogP contribution in [0.3, 0.4) is 0 Å². The molecule has 0 saturated heterocycles. The van der Waals surface area contributed by atoms with Crippen LogP contribution in [0.4, 0.5) is 0 Å². The largest absolute Gasteiger partial charge is 0.426 e. The van der Waals surface area contributed by atoms with E-state index in [0.717, 1.165) is 0 Å². The standard InChI is InChI=1S/C9H12O5/c1-5(6(2)10)9(12)14-8(4)13-7(3)11/h8H,1H2,2-4H3. The Labute approximate surface area is 81.7 Å². The molecule has 0 spiro atoms. The van der Waals surface area contributed by atoms with Crippen LogP contribution in [0.1, 0.15) is 20.8 Å². The van der Waals surface area contributed by atoms with E-state index in [9.17, 15) is 14.4 Å².